The van der Waals surface area contributed by atoms with Gasteiger partial charge in [-0.1, -0.05) is 129 Å². The van der Waals surface area contributed by atoms with Gasteiger partial charge in [-0.15, -0.1) is 5.10 Å². The molecule has 0 radical (unpaired) electrons. The summed E-state index contributed by atoms with van der Waals surface area (Å²) in [6, 6.07) is 6.33. The molecular weight excluding hydrogens is 652 g/mol. The molecule has 270 valence electrons. The number of ether oxygens (including phenoxy) is 1. The van der Waals surface area contributed by atoms with Crippen LogP contribution >= 0.6 is 11.6 Å². The zero-order valence-electron chi connectivity index (χ0n) is 29.4. The van der Waals surface area contributed by atoms with Gasteiger partial charge in [0.05, 0.1) is 24.7 Å². The van der Waals surface area contributed by atoms with Gasteiger partial charge in [0.15, 0.2) is 5.78 Å². The molecule has 1 aromatic carbocycles. The Bertz CT molecular complexity index is 1390. The van der Waals surface area contributed by atoms with Gasteiger partial charge in [0, 0.05) is 24.2 Å². The highest BCUT2D eigenvalue weighted by atomic mass is 35.5. The Morgan fingerprint density at radius 2 is 1.42 bits per heavy atom. The normalized spacial score (nSPS) is 15.2. The van der Waals surface area contributed by atoms with Crippen LogP contribution in [0.25, 0.3) is 0 Å². The van der Waals surface area contributed by atoms with Crippen LogP contribution in [0.3, 0.4) is 0 Å². The van der Waals surface area contributed by atoms with E-state index in [2.05, 4.69) is 27.0 Å². The van der Waals surface area contributed by atoms with Gasteiger partial charge in [0.1, 0.15) is 6.33 Å². The number of morpholine rings is 1. The van der Waals surface area contributed by atoms with Crippen molar-refractivity contribution in [2.24, 2.45) is 5.41 Å². The highest BCUT2D eigenvalue weighted by Gasteiger charge is 2.51. The van der Waals surface area contributed by atoms with E-state index in [0.717, 1.165) is 23.9 Å². The molecule has 0 saturated carbocycles. The van der Waals surface area contributed by atoms with Crippen LogP contribution in [-0.4, -0.2) is 66.9 Å². The lowest BCUT2D eigenvalue weighted by Gasteiger charge is -2.31. The number of ketones is 1. The number of halogens is 1. The van der Waals surface area contributed by atoms with E-state index in [1.165, 1.54) is 76.6 Å². The fraction of sp³-hybridized carbons (Fsp3) is 0.714. The van der Waals surface area contributed by atoms with E-state index in [9.17, 15) is 18.0 Å². The summed E-state index contributed by atoms with van der Waals surface area (Å²) in [5, 5.41) is 7.12. The van der Waals surface area contributed by atoms with Gasteiger partial charge in [0.2, 0.25) is 16.0 Å². The molecule has 1 aromatic heterocycles. The van der Waals surface area contributed by atoms with Crippen molar-refractivity contribution in [3.05, 3.63) is 30.6 Å². The number of unbranched alkanes of at least 4 members (excludes halogenated alkanes) is 13. The maximum absolute atomic E-state index is 13.7. The molecule has 0 bridgehead atoms. The Morgan fingerprint density at radius 3 is 1.98 bits per heavy atom. The van der Waals surface area contributed by atoms with Crippen molar-refractivity contribution in [3.8, 4) is 0 Å². The molecule has 1 amide bonds. The Kier molecular flexibility index (Phi) is 16.1. The molecule has 0 aliphatic carbocycles. The average Bonchev–Trinajstić information content (AvgIpc) is 3.55. The van der Waals surface area contributed by atoms with Crippen LogP contribution in [0.5, 0.6) is 0 Å². The molecule has 1 saturated heterocycles. The van der Waals surface area contributed by atoms with Crippen LogP contribution < -0.4 is 14.9 Å². The first-order valence-electron chi connectivity index (χ1n) is 17.8. The first-order valence-corrected chi connectivity index (χ1v) is 19.8. The number of hydrogen-bond acceptors (Lipinski definition) is 8. The number of hydrogen-bond donors (Lipinski definition) is 2. The number of anilines is 3. The van der Waals surface area contributed by atoms with Crippen LogP contribution in [0.1, 0.15) is 118 Å². The van der Waals surface area contributed by atoms with Crippen molar-refractivity contribution in [3.63, 3.8) is 0 Å². The summed E-state index contributed by atoms with van der Waals surface area (Å²) in [6.45, 7) is 9.44. The molecule has 48 heavy (non-hydrogen) atoms. The summed E-state index contributed by atoms with van der Waals surface area (Å²) < 4.78 is 34.8. The zero-order valence-corrected chi connectivity index (χ0v) is 31.0. The fourth-order valence-corrected chi connectivity index (χ4v) is 7.30. The second-order valence-corrected chi connectivity index (χ2v) is 16.2. The van der Waals surface area contributed by atoms with Crippen molar-refractivity contribution in [1.82, 2.24) is 14.8 Å². The van der Waals surface area contributed by atoms with Gasteiger partial charge in [0.25, 0.3) is 10.9 Å². The standard InChI is InChI=1S/C35H57ClN6O5S/c1-5-6-7-8-9-10-11-12-13-14-15-16-17-18-26-48(45,46)40-30-21-19-20-29(27-30)38-32(44)35(36,31(43)34(2,3)4)42-28-37-33(39-42)41-22-24-47-25-23-41/h19-21,27-28,40H,5-18,22-26H2,1-4H3,(H,38,44). The summed E-state index contributed by atoms with van der Waals surface area (Å²) >= 11 is 6.89. The lowest BCUT2D eigenvalue weighted by molar-refractivity contribution is -0.138. The third kappa shape index (κ3) is 12.6. The topological polar surface area (TPSA) is 136 Å². The van der Waals surface area contributed by atoms with Gasteiger partial charge in [-0.2, -0.15) is 0 Å². The number of amides is 1. The second-order valence-electron chi connectivity index (χ2n) is 13.8. The third-order valence-corrected chi connectivity index (χ3v) is 10.4. The van der Waals surface area contributed by atoms with E-state index in [1.54, 1.807) is 39.0 Å². The van der Waals surface area contributed by atoms with Crippen LogP contribution in [-0.2, 0) is 29.3 Å². The number of alkyl halides is 1. The van der Waals surface area contributed by atoms with Crippen LogP contribution in [0.2, 0.25) is 0 Å². The Morgan fingerprint density at radius 1 is 0.875 bits per heavy atom. The van der Waals surface area contributed by atoms with Gasteiger partial charge >= 0.3 is 0 Å². The van der Waals surface area contributed by atoms with Gasteiger partial charge in [-0.3, -0.25) is 14.3 Å². The summed E-state index contributed by atoms with van der Waals surface area (Å²) in [4.78, 5) is 31.3. The summed E-state index contributed by atoms with van der Waals surface area (Å²) in [5.41, 5.74) is -0.415. The second kappa shape index (κ2) is 19.5. The summed E-state index contributed by atoms with van der Waals surface area (Å²) in [7, 11) is -3.59. The zero-order chi connectivity index (χ0) is 35.0. The molecular formula is C35H57ClN6O5S. The number of benzene rings is 1. The van der Waals surface area contributed by atoms with E-state index in [1.807, 2.05) is 4.90 Å². The molecule has 1 atom stereocenters. The quantitative estimate of drug-likeness (QED) is 0.0730. The van der Waals surface area contributed by atoms with Crippen molar-refractivity contribution >= 4 is 50.6 Å². The number of carbonyl (C=O) groups excluding carboxylic acids is 2. The molecule has 2 aromatic rings. The van der Waals surface area contributed by atoms with Crippen molar-refractivity contribution in [2.45, 2.75) is 123 Å². The molecule has 1 fully saturated rings. The Hall–Kier alpha value is -2.70. The smallest absolute Gasteiger partial charge is 0.275 e. The van der Waals surface area contributed by atoms with E-state index < -0.39 is 32.1 Å². The van der Waals surface area contributed by atoms with Crippen LogP contribution in [0.4, 0.5) is 17.3 Å². The highest BCUT2D eigenvalue weighted by molar-refractivity contribution is 7.92. The van der Waals surface area contributed by atoms with Gasteiger partial charge < -0.3 is 15.0 Å². The number of nitrogens with one attached hydrogen (secondary N) is 2. The maximum Gasteiger partial charge on any atom is 0.275 e. The first-order chi connectivity index (χ1) is 22.9. The number of rotatable bonds is 22. The molecule has 1 aliphatic rings. The number of nitrogens with zero attached hydrogens (tertiary/aromatic N) is 4. The monoisotopic (exact) mass is 708 g/mol. The minimum absolute atomic E-state index is 0.0181. The Balaban J connectivity index is 1.49. The van der Waals surface area contributed by atoms with E-state index >= 15 is 0 Å². The van der Waals surface area contributed by atoms with Crippen molar-refractivity contribution in [1.29, 1.82) is 0 Å². The molecule has 13 heteroatoms. The van der Waals surface area contributed by atoms with E-state index in [4.69, 9.17) is 16.3 Å². The number of sulfonamides is 1. The number of carbonyl (C=O) groups is 2. The molecule has 2 N–H and O–H groups in total. The van der Waals surface area contributed by atoms with Gasteiger partial charge in [-0.05, 0) is 24.6 Å². The first kappa shape index (κ1) is 39.7. The molecule has 11 nitrogen and oxygen atoms in total. The van der Waals surface area contributed by atoms with E-state index in [-0.39, 0.29) is 11.4 Å². The average molecular weight is 709 g/mol. The third-order valence-electron chi connectivity index (χ3n) is 8.53. The van der Waals surface area contributed by atoms with Crippen LogP contribution in [0.15, 0.2) is 30.6 Å². The Labute approximate surface area is 293 Å². The minimum Gasteiger partial charge on any atom is -0.378 e. The van der Waals surface area contributed by atoms with Crippen molar-refractivity contribution < 1.29 is 22.7 Å². The lowest BCUT2D eigenvalue weighted by atomic mass is 9.85. The maximum atomic E-state index is 13.7. The molecule has 1 unspecified atom stereocenters. The lowest BCUT2D eigenvalue weighted by Crippen LogP contribution is -2.52. The summed E-state index contributed by atoms with van der Waals surface area (Å²) in [5.74, 6) is -1.04. The number of Topliss-reactive ketones (excluding diaryl/α,β-unsaturated/α-hetero) is 1. The minimum atomic E-state index is -3.59. The largest absolute Gasteiger partial charge is 0.378 e. The predicted molar refractivity (Wildman–Crippen MR) is 194 cm³/mol. The molecule has 0 spiro atoms. The van der Waals surface area contributed by atoms with Crippen molar-refractivity contribution in [2.75, 3.05) is 47.0 Å². The molecule has 3 rings (SSSR count). The van der Waals surface area contributed by atoms with Crippen LogP contribution in [0, 0.1) is 5.41 Å². The molecule has 2 heterocycles. The predicted octanol–water partition coefficient (Wildman–Crippen LogP) is 7.48. The SMILES string of the molecule is CCCCCCCCCCCCCCCCS(=O)(=O)Nc1cccc(NC(=O)C(Cl)(C(=O)C(C)(C)C)n2cnc(N3CCOCC3)n2)c1. The van der Waals surface area contributed by atoms with E-state index in [0.29, 0.717) is 44.4 Å². The molecule has 1 aliphatic heterocycles. The highest BCUT2D eigenvalue weighted by Crippen LogP contribution is 2.34. The number of aromatic nitrogens is 3. The van der Waals surface area contributed by atoms with Gasteiger partial charge in [-0.25, -0.2) is 18.1 Å². The summed E-state index contributed by atoms with van der Waals surface area (Å²) in [6.07, 6.45) is 18.0. The fourth-order valence-electron chi connectivity index (χ4n) is 5.71.